The molecular formula is C7H16N2O2. The standard InChI is InChI=1S/C7H16N2O2/c1-5(9-8)6(10)11-7(2,3)4/h5,9H,8H2,1-4H3/t5-/m1/s1. The number of hydrazine groups is 1. The Hall–Kier alpha value is -0.610. The van der Waals surface area contributed by atoms with Gasteiger partial charge in [-0.3, -0.25) is 10.6 Å². The molecule has 0 heterocycles. The van der Waals surface area contributed by atoms with E-state index in [-0.39, 0.29) is 5.97 Å². The Balaban J connectivity index is 3.88. The number of hydrogen-bond acceptors (Lipinski definition) is 4. The molecule has 0 aromatic rings. The monoisotopic (exact) mass is 160 g/mol. The molecule has 0 radical (unpaired) electrons. The Bertz CT molecular complexity index is 140. The quantitative estimate of drug-likeness (QED) is 0.343. The minimum Gasteiger partial charge on any atom is -0.459 e. The first-order valence-corrected chi connectivity index (χ1v) is 3.56. The first-order chi connectivity index (χ1) is 4.87. The van der Waals surface area contributed by atoms with Crippen LogP contribution in [0.25, 0.3) is 0 Å². The second-order valence-corrected chi connectivity index (χ2v) is 3.42. The maximum absolute atomic E-state index is 11.0. The van der Waals surface area contributed by atoms with Crippen LogP contribution in [-0.4, -0.2) is 17.6 Å². The molecule has 0 fully saturated rings. The molecule has 4 heteroatoms. The van der Waals surface area contributed by atoms with Crippen LogP contribution in [0.2, 0.25) is 0 Å². The zero-order valence-corrected chi connectivity index (χ0v) is 7.47. The van der Waals surface area contributed by atoms with Gasteiger partial charge in [-0.1, -0.05) is 0 Å². The summed E-state index contributed by atoms with van der Waals surface area (Å²) in [5.41, 5.74) is 1.87. The molecule has 0 bridgehead atoms. The van der Waals surface area contributed by atoms with Crippen molar-refractivity contribution >= 4 is 5.97 Å². The second-order valence-electron chi connectivity index (χ2n) is 3.42. The van der Waals surface area contributed by atoms with E-state index in [1.807, 2.05) is 20.8 Å². The van der Waals surface area contributed by atoms with Gasteiger partial charge < -0.3 is 4.74 Å². The fraction of sp³-hybridized carbons (Fsp3) is 0.857. The Morgan fingerprint density at radius 3 is 2.27 bits per heavy atom. The van der Waals surface area contributed by atoms with Crippen molar-refractivity contribution in [1.29, 1.82) is 0 Å². The highest BCUT2D eigenvalue weighted by Gasteiger charge is 2.20. The van der Waals surface area contributed by atoms with Crippen LogP contribution in [0.4, 0.5) is 0 Å². The lowest BCUT2D eigenvalue weighted by molar-refractivity contribution is -0.156. The van der Waals surface area contributed by atoms with Crippen LogP contribution < -0.4 is 11.3 Å². The zero-order valence-electron chi connectivity index (χ0n) is 7.47. The maximum atomic E-state index is 11.0. The molecular weight excluding hydrogens is 144 g/mol. The number of esters is 1. The largest absolute Gasteiger partial charge is 0.459 e. The minimum absolute atomic E-state index is 0.333. The molecule has 0 saturated heterocycles. The third-order valence-corrected chi connectivity index (χ3v) is 1.01. The zero-order chi connectivity index (χ0) is 9.07. The normalized spacial score (nSPS) is 14.3. The van der Waals surface area contributed by atoms with Gasteiger partial charge in [0.15, 0.2) is 0 Å². The van der Waals surface area contributed by atoms with Crippen molar-refractivity contribution in [3.63, 3.8) is 0 Å². The smallest absolute Gasteiger partial charge is 0.324 e. The van der Waals surface area contributed by atoms with Crippen molar-refractivity contribution in [3.8, 4) is 0 Å². The summed E-state index contributed by atoms with van der Waals surface area (Å²) in [6.45, 7) is 7.09. The number of carbonyl (C=O) groups excluding carboxylic acids is 1. The number of carbonyl (C=O) groups is 1. The van der Waals surface area contributed by atoms with Gasteiger partial charge >= 0.3 is 5.97 Å². The summed E-state index contributed by atoms with van der Waals surface area (Å²) in [5.74, 6) is 4.71. The van der Waals surface area contributed by atoms with Gasteiger partial charge in [0.2, 0.25) is 0 Å². The van der Waals surface area contributed by atoms with Gasteiger partial charge in [0.1, 0.15) is 11.6 Å². The van der Waals surface area contributed by atoms with Gasteiger partial charge in [0.25, 0.3) is 0 Å². The number of nitrogens with two attached hydrogens (primary N) is 1. The first kappa shape index (κ1) is 10.4. The van der Waals surface area contributed by atoms with E-state index in [1.165, 1.54) is 0 Å². The number of rotatable bonds is 2. The van der Waals surface area contributed by atoms with Crippen molar-refractivity contribution < 1.29 is 9.53 Å². The van der Waals surface area contributed by atoms with Crippen molar-refractivity contribution in [1.82, 2.24) is 5.43 Å². The molecule has 11 heavy (non-hydrogen) atoms. The average molecular weight is 160 g/mol. The number of hydrogen-bond donors (Lipinski definition) is 2. The summed E-state index contributed by atoms with van der Waals surface area (Å²) < 4.78 is 5.01. The molecule has 0 amide bonds. The van der Waals surface area contributed by atoms with Crippen LogP contribution in [0.1, 0.15) is 27.7 Å². The summed E-state index contributed by atoms with van der Waals surface area (Å²) in [5, 5.41) is 0. The van der Waals surface area contributed by atoms with Gasteiger partial charge in [0, 0.05) is 0 Å². The molecule has 0 aliphatic heterocycles. The van der Waals surface area contributed by atoms with Gasteiger partial charge in [-0.05, 0) is 27.7 Å². The van der Waals surface area contributed by atoms with E-state index in [4.69, 9.17) is 10.6 Å². The van der Waals surface area contributed by atoms with E-state index >= 15 is 0 Å². The summed E-state index contributed by atoms with van der Waals surface area (Å²) in [6, 6.07) is -0.450. The average Bonchev–Trinajstić information content (AvgIpc) is 1.82. The molecule has 0 aromatic carbocycles. The molecule has 4 nitrogen and oxygen atoms in total. The Kier molecular flexibility index (Phi) is 3.48. The maximum Gasteiger partial charge on any atom is 0.324 e. The topological polar surface area (TPSA) is 64.3 Å². The second kappa shape index (κ2) is 3.69. The highest BCUT2D eigenvalue weighted by atomic mass is 16.6. The third kappa shape index (κ3) is 4.75. The van der Waals surface area contributed by atoms with Crippen molar-refractivity contribution in [2.24, 2.45) is 5.84 Å². The van der Waals surface area contributed by atoms with Crippen LogP contribution in [0, 0.1) is 0 Å². The van der Waals surface area contributed by atoms with Crippen LogP contribution in [0.3, 0.4) is 0 Å². The van der Waals surface area contributed by atoms with Gasteiger partial charge in [-0.15, -0.1) is 0 Å². The van der Waals surface area contributed by atoms with Crippen molar-refractivity contribution in [2.45, 2.75) is 39.3 Å². The molecule has 0 rings (SSSR count). The molecule has 1 atom stereocenters. The SMILES string of the molecule is C[C@@H](NN)C(=O)OC(C)(C)C. The van der Waals surface area contributed by atoms with Crippen molar-refractivity contribution in [2.75, 3.05) is 0 Å². The first-order valence-electron chi connectivity index (χ1n) is 3.56. The van der Waals surface area contributed by atoms with Gasteiger partial charge in [-0.2, -0.15) is 0 Å². The third-order valence-electron chi connectivity index (χ3n) is 1.01. The van der Waals surface area contributed by atoms with Crippen LogP contribution in [0.5, 0.6) is 0 Å². The summed E-state index contributed by atoms with van der Waals surface area (Å²) in [4.78, 5) is 11.0. The molecule has 0 saturated carbocycles. The van der Waals surface area contributed by atoms with E-state index in [0.717, 1.165) is 0 Å². The highest BCUT2D eigenvalue weighted by molar-refractivity contribution is 5.75. The molecule has 0 aliphatic carbocycles. The molecule has 3 N–H and O–H groups in total. The molecule has 0 unspecified atom stereocenters. The summed E-state index contributed by atoms with van der Waals surface area (Å²) >= 11 is 0. The molecule has 0 spiro atoms. The summed E-state index contributed by atoms with van der Waals surface area (Å²) in [6.07, 6.45) is 0. The van der Waals surface area contributed by atoms with E-state index in [1.54, 1.807) is 6.92 Å². The lowest BCUT2D eigenvalue weighted by Crippen LogP contribution is -2.42. The summed E-state index contributed by atoms with van der Waals surface area (Å²) in [7, 11) is 0. The van der Waals surface area contributed by atoms with Crippen molar-refractivity contribution in [3.05, 3.63) is 0 Å². The molecule has 66 valence electrons. The molecule has 0 aliphatic rings. The van der Waals surface area contributed by atoms with E-state index < -0.39 is 11.6 Å². The Morgan fingerprint density at radius 1 is 1.55 bits per heavy atom. The Morgan fingerprint density at radius 2 is 2.00 bits per heavy atom. The predicted molar refractivity (Wildman–Crippen MR) is 42.6 cm³/mol. The van der Waals surface area contributed by atoms with Crippen LogP contribution in [0.15, 0.2) is 0 Å². The van der Waals surface area contributed by atoms with E-state index in [9.17, 15) is 4.79 Å². The number of nitrogens with one attached hydrogen (secondary N) is 1. The lowest BCUT2D eigenvalue weighted by Gasteiger charge is -2.21. The predicted octanol–water partition coefficient (Wildman–Crippen LogP) is 0.180. The van der Waals surface area contributed by atoms with Gasteiger partial charge in [0.05, 0.1) is 0 Å². The van der Waals surface area contributed by atoms with Crippen LogP contribution in [-0.2, 0) is 9.53 Å². The molecule has 0 aromatic heterocycles. The van der Waals surface area contributed by atoms with E-state index in [2.05, 4.69) is 5.43 Å². The minimum atomic E-state index is -0.450. The van der Waals surface area contributed by atoms with Gasteiger partial charge in [-0.25, -0.2) is 5.43 Å². The fourth-order valence-corrected chi connectivity index (χ4v) is 0.458. The number of ether oxygens (including phenoxy) is 1. The van der Waals surface area contributed by atoms with Crippen LogP contribution >= 0.6 is 0 Å². The lowest BCUT2D eigenvalue weighted by atomic mass is 10.2. The Labute approximate surface area is 67.1 Å². The fourth-order valence-electron chi connectivity index (χ4n) is 0.458. The highest BCUT2D eigenvalue weighted by Crippen LogP contribution is 2.07. The van der Waals surface area contributed by atoms with E-state index in [0.29, 0.717) is 0 Å².